The molecule has 140 valence electrons. The maximum atomic E-state index is 13.5. The third-order valence-corrected chi connectivity index (χ3v) is 3.91. The molecule has 0 saturated carbocycles. The smallest absolute Gasteiger partial charge is 0.338 e. The van der Waals surface area contributed by atoms with Crippen LogP contribution in [0.1, 0.15) is 11.3 Å². The third-order valence-electron chi connectivity index (χ3n) is 3.91. The van der Waals surface area contributed by atoms with E-state index >= 15 is 0 Å². The summed E-state index contributed by atoms with van der Waals surface area (Å²) in [5, 5.41) is 7.79. The van der Waals surface area contributed by atoms with Crippen molar-refractivity contribution >= 4 is 23.2 Å². The molecule has 0 spiro atoms. The van der Waals surface area contributed by atoms with E-state index in [9.17, 15) is 4.39 Å². The molecule has 0 aliphatic heterocycles. The molecule has 0 aromatic carbocycles. The molecule has 0 bridgehead atoms. The van der Waals surface area contributed by atoms with E-state index < -0.39 is 0 Å². The van der Waals surface area contributed by atoms with Gasteiger partial charge in [-0.2, -0.15) is 9.59 Å². The monoisotopic (exact) mass is 378 g/mol. The van der Waals surface area contributed by atoms with Gasteiger partial charge in [0.25, 0.3) is 0 Å². The number of nitrogens with zero attached hydrogens (tertiary/aromatic N) is 5. The maximum absolute atomic E-state index is 13.5. The minimum Gasteiger partial charge on any atom is -0.338 e. The molecule has 0 aliphatic carbocycles. The van der Waals surface area contributed by atoms with Gasteiger partial charge in [0.05, 0.1) is 5.69 Å². The fraction of sp³-hybridized carbons (Fsp3) is 0.105. The van der Waals surface area contributed by atoms with E-state index in [1.807, 2.05) is 31.3 Å². The Hall–Kier alpha value is -3.97. The van der Waals surface area contributed by atoms with E-state index in [4.69, 9.17) is 9.59 Å². The number of carbonyl (C=O) groups excluding carboxylic acids is 2. The number of anilines is 2. The van der Waals surface area contributed by atoms with Gasteiger partial charge < -0.3 is 5.32 Å². The highest BCUT2D eigenvalue weighted by molar-refractivity contribution is 5.75. The van der Waals surface area contributed by atoms with Gasteiger partial charge in [0.15, 0.2) is 5.82 Å². The Bertz CT molecular complexity index is 1170. The van der Waals surface area contributed by atoms with Crippen molar-refractivity contribution in [2.45, 2.75) is 13.8 Å². The van der Waals surface area contributed by atoms with Crippen molar-refractivity contribution in [3.8, 4) is 11.5 Å². The molecule has 4 aromatic heterocycles. The average molecular weight is 378 g/mol. The Labute approximate surface area is 159 Å². The van der Waals surface area contributed by atoms with Gasteiger partial charge in [-0.05, 0) is 49.7 Å². The summed E-state index contributed by atoms with van der Waals surface area (Å²) < 4.78 is 15.2. The Balaban J connectivity index is 0.000000706. The van der Waals surface area contributed by atoms with E-state index in [2.05, 4.69) is 25.4 Å². The number of nitrogens with one attached hydrogen (secondary N) is 1. The van der Waals surface area contributed by atoms with Crippen molar-refractivity contribution < 1.29 is 14.0 Å². The molecule has 0 fully saturated rings. The average Bonchev–Trinajstić information content (AvgIpc) is 3.15. The number of aryl methyl sites for hydroxylation is 2. The second-order valence-corrected chi connectivity index (χ2v) is 5.78. The number of fused-ring (bicyclic) bond motifs is 1. The van der Waals surface area contributed by atoms with Gasteiger partial charge in [-0.3, -0.25) is 4.98 Å². The van der Waals surface area contributed by atoms with Crippen LogP contribution in [0.2, 0.25) is 0 Å². The van der Waals surface area contributed by atoms with Crippen LogP contribution in [-0.4, -0.2) is 30.7 Å². The Morgan fingerprint density at radius 1 is 1.11 bits per heavy atom. The van der Waals surface area contributed by atoms with Crippen LogP contribution in [0.5, 0.6) is 0 Å². The number of rotatable bonds is 3. The summed E-state index contributed by atoms with van der Waals surface area (Å²) in [6.07, 6.45) is 5.59. The summed E-state index contributed by atoms with van der Waals surface area (Å²) >= 11 is 0. The van der Waals surface area contributed by atoms with Crippen LogP contribution in [0.25, 0.3) is 17.0 Å². The van der Waals surface area contributed by atoms with Crippen molar-refractivity contribution in [2.75, 3.05) is 5.32 Å². The molecule has 4 aromatic rings. The van der Waals surface area contributed by atoms with E-state index in [1.165, 1.54) is 6.07 Å². The molecule has 0 saturated heterocycles. The van der Waals surface area contributed by atoms with E-state index in [-0.39, 0.29) is 12.0 Å². The highest BCUT2D eigenvalue weighted by Gasteiger charge is 2.12. The molecule has 28 heavy (non-hydrogen) atoms. The molecule has 0 aliphatic rings. The number of halogens is 1. The largest absolute Gasteiger partial charge is 0.373 e. The van der Waals surface area contributed by atoms with Crippen LogP contribution in [0.4, 0.5) is 15.9 Å². The van der Waals surface area contributed by atoms with E-state index in [0.717, 1.165) is 16.8 Å². The van der Waals surface area contributed by atoms with Crippen molar-refractivity contribution in [1.82, 2.24) is 24.6 Å². The SMILES string of the molecule is Cc1cnccc1Nc1nc(-c2ccc(F)c(C)n2)nn2cccc12.O=C=O. The molecule has 4 rings (SSSR count). The molecular weight excluding hydrogens is 363 g/mol. The van der Waals surface area contributed by atoms with Crippen molar-refractivity contribution in [3.05, 3.63) is 66.0 Å². The van der Waals surface area contributed by atoms with Gasteiger partial charge in [-0.25, -0.2) is 18.9 Å². The molecule has 0 radical (unpaired) electrons. The zero-order valence-electron chi connectivity index (χ0n) is 15.0. The van der Waals surface area contributed by atoms with Crippen LogP contribution in [0.15, 0.2) is 48.9 Å². The first-order chi connectivity index (χ1) is 13.5. The first kappa shape index (κ1) is 18.8. The Morgan fingerprint density at radius 3 is 2.61 bits per heavy atom. The standard InChI is InChI=1S/C18H15FN6.CO2/c1-11-10-20-8-7-14(11)22-18-16-4-3-9-25(16)24-17(23-18)15-6-5-13(19)12(2)21-15;2-1-3/h3-10H,1-2H3,(H,20,22,23,24);. The predicted octanol–water partition coefficient (Wildman–Crippen LogP) is 3.10. The normalized spacial score (nSPS) is 10.1. The molecular formula is C19H15FN6O2. The van der Waals surface area contributed by atoms with Gasteiger partial charge in [0.2, 0.25) is 5.82 Å². The van der Waals surface area contributed by atoms with Crippen LogP contribution in [-0.2, 0) is 9.59 Å². The fourth-order valence-electron chi connectivity index (χ4n) is 2.54. The lowest BCUT2D eigenvalue weighted by atomic mass is 10.2. The van der Waals surface area contributed by atoms with Crippen molar-refractivity contribution in [2.24, 2.45) is 0 Å². The Morgan fingerprint density at radius 2 is 1.89 bits per heavy atom. The summed E-state index contributed by atoms with van der Waals surface area (Å²) in [6.45, 7) is 3.59. The van der Waals surface area contributed by atoms with Gasteiger partial charge >= 0.3 is 6.15 Å². The highest BCUT2D eigenvalue weighted by Crippen LogP contribution is 2.24. The molecule has 0 unspecified atom stereocenters. The number of aromatic nitrogens is 5. The molecule has 1 N–H and O–H groups in total. The van der Waals surface area contributed by atoms with Crippen LogP contribution < -0.4 is 5.32 Å². The highest BCUT2D eigenvalue weighted by atomic mass is 19.1. The first-order valence-corrected chi connectivity index (χ1v) is 8.19. The van der Waals surface area contributed by atoms with Crippen LogP contribution in [0, 0.1) is 19.7 Å². The molecule has 4 heterocycles. The summed E-state index contributed by atoms with van der Waals surface area (Å²) in [5.41, 5.74) is 3.57. The summed E-state index contributed by atoms with van der Waals surface area (Å²) in [4.78, 5) is 29.2. The first-order valence-electron chi connectivity index (χ1n) is 8.19. The summed E-state index contributed by atoms with van der Waals surface area (Å²) in [6, 6.07) is 8.65. The molecule has 0 atom stereocenters. The summed E-state index contributed by atoms with van der Waals surface area (Å²) in [5.74, 6) is 0.714. The minimum absolute atomic E-state index is 0.250. The lowest BCUT2D eigenvalue weighted by Gasteiger charge is -2.11. The number of hydrogen-bond acceptors (Lipinski definition) is 7. The summed E-state index contributed by atoms with van der Waals surface area (Å²) in [7, 11) is 0. The van der Waals surface area contributed by atoms with E-state index in [0.29, 0.717) is 23.0 Å². The third kappa shape index (κ3) is 3.89. The molecule has 0 amide bonds. The van der Waals surface area contributed by atoms with Crippen molar-refractivity contribution in [1.29, 1.82) is 0 Å². The van der Waals surface area contributed by atoms with E-state index in [1.54, 1.807) is 29.9 Å². The molecule has 8 nitrogen and oxygen atoms in total. The van der Waals surface area contributed by atoms with Crippen LogP contribution >= 0.6 is 0 Å². The second kappa shape index (κ2) is 8.15. The Kier molecular flexibility index (Phi) is 5.48. The quantitative estimate of drug-likeness (QED) is 0.584. The zero-order chi connectivity index (χ0) is 20.1. The lowest BCUT2D eigenvalue weighted by molar-refractivity contribution is -0.191. The van der Waals surface area contributed by atoms with Crippen molar-refractivity contribution in [3.63, 3.8) is 0 Å². The topological polar surface area (TPSA) is 102 Å². The zero-order valence-corrected chi connectivity index (χ0v) is 15.0. The van der Waals surface area contributed by atoms with Gasteiger partial charge in [-0.15, -0.1) is 5.10 Å². The van der Waals surface area contributed by atoms with Gasteiger partial charge in [0, 0.05) is 24.3 Å². The fourth-order valence-corrected chi connectivity index (χ4v) is 2.54. The van der Waals surface area contributed by atoms with Gasteiger partial charge in [-0.1, -0.05) is 0 Å². The predicted molar refractivity (Wildman–Crippen MR) is 98.2 cm³/mol. The van der Waals surface area contributed by atoms with Gasteiger partial charge in [0.1, 0.15) is 17.0 Å². The maximum Gasteiger partial charge on any atom is 0.373 e. The second-order valence-electron chi connectivity index (χ2n) is 5.78. The molecule has 9 heteroatoms. The number of hydrogen-bond donors (Lipinski definition) is 1. The number of pyridine rings is 2. The van der Waals surface area contributed by atoms with Crippen LogP contribution in [0.3, 0.4) is 0 Å². The lowest BCUT2D eigenvalue weighted by Crippen LogP contribution is -2.05. The minimum atomic E-state index is -0.350.